The highest BCUT2D eigenvalue weighted by Gasteiger charge is 2.03. The van der Waals surface area contributed by atoms with Gasteiger partial charge in [0.15, 0.2) is 0 Å². The summed E-state index contributed by atoms with van der Waals surface area (Å²) in [5, 5.41) is 24.0. The van der Waals surface area contributed by atoms with Crippen LogP contribution in [0.3, 0.4) is 0 Å². The molecule has 0 unspecified atom stereocenters. The molecule has 0 heterocycles. The van der Waals surface area contributed by atoms with E-state index in [9.17, 15) is 15.2 Å². The summed E-state index contributed by atoms with van der Waals surface area (Å²) in [4.78, 5) is 10.0. The monoisotopic (exact) mass is 291 g/mol. The van der Waals surface area contributed by atoms with E-state index in [1.165, 1.54) is 24.4 Å². The molecule has 7 heteroatoms. The maximum absolute atomic E-state index is 10.5. The Morgan fingerprint density at radius 3 is 2.55 bits per heavy atom. The minimum Gasteiger partial charge on any atom is -0.506 e. The minimum absolute atomic E-state index is 0.00662. The van der Waals surface area contributed by atoms with Gasteiger partial charge in [0.2, 0.25) is 0 Å². The average Bonchev–Trinajstić information content (AvgIpc) is 2.43. The van der Waals surface area contributed by atoms with Crippen LogP contribution in [0.25, 0.3) is 0 Å². The number of aromatic hydroxyl groups is 1. The van der Waals surface area contributed by atoms with Gasteiger partial charge in [0.1, 0.15) is 5.75 Å². The molecule has 2 rings (SSSR count). The SMILES string of the molecule is O=[N+]([O-])c1ccc(NN=Cc2ccc(O)c(Cl)c2)cc1. The molecule has 0 aliphatic rings. The standard InChI is InChI=1S/C13H10ClN3O3/c14-12-7-9(1-6-13(12)18)8-15-16-10-2-4-11(5-3-10)17(19)20/h1-8,16,18H. The normalized spacial score (nSPS) is 10.7. The molecule has 2 N–H and O–H groups in total. The van der Waals surface area contributed by atoms with Gasteiger partial charge in [-0.05, 0) is 35.9 Å². The van der Waals surface area contributed by atoms with Crippen molar-refractivity contribution >= 4 is 29.2 Å². The number of hydrazone groups is 1. The van der Waals surface area contributed by atoms with Gasteiger partial charge in [0.25, 0.3) is 5.69 Å². The molecule has 0 radical (unpaired) electrons. The maximum atomic E-state index is 10.5. The average molecular weight is 292 g/mol. The molecule has 0 fully saturated rings. The number of rotatable bonds is 4. The number of non-ortho nitro benzene ring substituents is 1. The van der Waals surface area contributed by atoms with Gasteiger partial charge < -0.3 is 5.11 Å². The van der Waals surface area contributed by atoms with Crippen molar-refractivity contribution in [1.82, 2.24) is 0 Å². The van der Waals surface area contributed by atoms with Crippen LogP contribution in [0.1, 0.15) is 5.56 Å². The summed E-state index contributed by atoms with van der Waals surface area (Å²) in [6.07, 6.45) is 1.52. The van der Waals surface area contributed by atoms with Gasteiger partial charge in [0.05, 0.1) is 21.8 Å². The molecule has 0 aliphatic heterocycles. The number of nitro benzene ring substituents is 1. The van der Waals surface area contributed by atoms with Gasteiger partial charge in [-0.1, -0.05) is 11.6 Å². The summed E-state index contributed by atoms with van der Waals surface area (Å²) < 4.78 is 0. The van der Waals surface area contributed by atoms with Crippen LogP contribution < -0.4 is 5.43 Å². The predicted octanol–water partition coefficient (Wildman–Crippen LogP) is 3.40. The second kappa shape index (κ2) is 6.03. The number of nitro groups is 1. The molecule has 0 aromatic heterocycles. The third-order valence-electron chi connectivity index (χ3n) is 2.46. The molecule has 6 nitrogen and oxygen atoms in total. The molecule has 0 saturated heterocycles. The summed E-state index contributed by atoms with van der Waals surface area (Å²) in [5.41, 5.74) is 4.09. The molecule has 2 aromatic rings. The van der Waals surface area contributed by atoms with Crippen molar-refractivity contribution in [3.63, 3.8) is 0 Å². The number of nitrogens with one attached hydrogen (secondary N) is 1. The Bertz CT molecular complexity index is 656. The van der Waals surface area contributed by atoms with Crippen molar-refractivity contribution in [2.24, 2.45) is 5.10 Å². The summed E-state index contributed by atoms with van der Waals surface area (Å²) in [6.45, 7) is 0. The van der Waals surface area contributed by atoms with Crippen LogP contribution in [0.15, 0.2) is 47.6 Å². The van der Waals surface area contributed by atoms with Crippen molar-refractivity contribution in [1.29, 1.82) is 0 Å². The molecule has 0 bridgehead atoms. The van der Waals surface area contributed by atoms with E-state index in [0.29, 0.717) is 11.3 Å². The molecular weight excluding hydrogens is 282 g/mol. The Balaban J connectivity index is 2.02. The summed E-state index contributed by atoms with van der Waals surface area (Å²) in [7, 11) is 0. The topological polar surface area (TPSA) is 87.8 Å². The molecule has 102 valence electrons. The second-order valence-electron chi connectivity index (χ2n) is 3.88. The Labute approximate surface area is 119 Å². The van der Waals surface area contributed by atoms with E-state index < -0.39 is 4.92 Å². The fourth-order valence-corrected chi connectivity index (χ4v) is 1.63. The van der Waals surface area contributed by atoms with Crippen LogP contribution in [-0.2, 0) is 0 Å². The summed E-state index contributed by atoms with van der Waals surface area (Å²) in [5.74, 6) is 0.00662. The highest BCUT2D eigenvalue weighted by atomic mass is 35.5. The molecule has 0 saturated carbocycles. The molecular formula is C13H10ClN3O3. The van der Waals surface area contributed by atoms with Crippen LogP contribution in [-0.4, -0.2) is 16.2 Å². The molecule has 2 aromatic carbocycles. The van der Waals surface area contributed by atoms with Crippen molar-refractivity contribution in [2.75, 3.05) is 5.43 Å². The van der Waals surface area contributed by atoms with Gasteiger partial charge in [0, 0.05) is 12.1 Å². The Morgan fingerprint density at radius 1 is 1.25 bits per heavy atom. The maximum Gasteiger partial charge on any atom is 0.269 e. The fourth-order valence-electron chi connectivity index (χ4n) is 1.44. The third-order valence-corrected chi connectivity index (χ3v) is 2.76. The third kappa shape index (κ3) is 3.46. The number of hydrogen-bond donors (Lipinski definition) is 2. The largest absolute Gasteiger partial charge is 0.506 e. The highest BCUT2D eigenvalue weighted by molar-refractivity contribution is 6.32. The van der Waals surface area contributed by atoms with Crippen molar-refractivity contribution in [3.05, 3.63) is 63.2 Å². The predicted molar refractivity (Wildman–Crippen MR) is 77.4 cm³/mol. The fraction of sp³-hybridized carbons (Fsp3) is 0. The second-order valence-corrected chi connectivity index (χ2v) is 4.29. The lowest BCUT2D eigenvalue weighted by Gasteiger charge is -2.00. The quantitative estimate of drug-likeness (QED) is 0.513. The zero-order chi connectivity index (χ0) is 14.5. The first-order valence-corrected chi connectivity index (χ1v) is 5.96. The summed E-state index contributed by atoms with van der Waals surface area (Å²) in [6, 6.07) is 10.6. The Kier molecular flexibility index (Phi) is 4.17. The lowest BCUT2D eigenvalue weighted by Crippen LogP contribution is -1.92. The Morgan fingerprint density at radius 2 is 1.95 bits per heavy atom. The van der Waals surface area contributed by atoms with Crippen LogP contribution in [0.4, 0.5) is 11.4 Å². The molecule has 20 heavy (non-hydrogen) atoms. The first-order valence-electron chi connectivity index (χ1n) is 5.58. The van der Waals surface area contributed by atoms with Crippen LogP contribution in [0, 0.1) is 10.1 Å². The van der Waals surface area contributed by atoms with E-state index in [-0.39, 0.29) is 16.5 Å². The number of nitrogens with zero attached hydrogens (tertiary/aromatic N) is 2. The molecule has 0 aliphatic carbocycles. The van der Waals surface area contributed by atoms with E-state index in [0.717, 1.165) is 0 Å². The number of phenolic OH excluding ortho intramolecular Hbond substituents is 1. The van der Waals surface area contributed by atoms with Gasteiger partial charge in [-0.2, -0.15) is 5.10 Å². The lowest BCUT2D eigenvalue weighted by atomic mass is 10.2. The van der Waals surface area contributed by atoms with Crippen molar-refractivity contribution < 1.29 is 10.0 Å². The number of benzene rings is 2. The zero-order valence-corrected chi connectivity index (χ0v) is 10.9. The van der Waals surface area contributed by atoms with E-state index in [2.05, 4.69) is 10.5 Å². The summed E-state index contributed by atoms with van der Waals surface area (Å²) >= 11 is 5.76. The van der Waals surface area contributed by atoms with Gasteiger partial charge >= 0.3 is 0 Å². The van der Waals surface area contributed by atoms with Gasteiger partial charge in [-0.15, -0.1) is 0 Å². The first-order chi connectivity index (χ1) is 9.56. The van der Waals surface area contributed by atoms with Gasteiger partial charge in [-0.3, -0.25) is 15.5 Å². The van der Waals surface area contributed by atoms with E-state index >= 15 is 0 Å². The van der Waals surface area contributed by atoms with Crippen molar-refractivity contribution in [2.45, 2.75) is 0 Å². The lowest BCUT2D eigenvalue weighted by molar-refractivity contribution is -0.384. The molecule has 0 atom stereocenters. The molecule has 0 spiro atoms. The Hall–Kier alpha value is -2.60. The number of anilines is 1. The number of halogens is 1. The smallest absolute Gasteiger partial charge is 0.269 e. The van der Waals surface area contributed by atoms with Gasteiger partial charge in [-0.25, -0.2) is 0 Å². The first kappa shape index (κ1) is 13.8. The van der Waals surface area contributed by atoms with Crippen LogP contribution in [0.2, 0.25) is 5.02 Å². The highest BCUT2D eigenvalue weighted by Crippen LogP contribution is 2.22. The van der Waals surface area contributed by atoms with Crippen LogP contribution >= 0.6 is 11.6 Å². The van der Waals surface area contributed by atoms with Crippen LogP contribution in [0.5, 0.6) is 5.75 Å². The van der Waals surface area contributed by atoms with E-state index in [1.54, 1.807) is 24.3 Å². The molecule has 0 amide bonds. The van der Waals surface area contributed by atoms with E-state index in [4.69, 9.17) is 11.6 Å². The number of phenols is 1. The van der Waals surface area contributed by atoms with Crippen molar-refractivity contribution in [3.8, 4) is 5.75 Å². The number of hydrogen-bond acceptors (Lipinski definition) is 5. The van der Waals surface area contributed by atoms with E-state index in [1.807, 2.05) is 0 Å². The zero-order valence-electron chi connectivity index (χ0n) is 10.2. The minimum atomic E-state index is -0.467.